The van der Waals surface area contributed by atoms with Gasteiger partial charge in [-0.15, -0.1) is 0 Å². The third-order valence-corrected chi connectivity index (χ3v) is 4.22. The number of nitrogens with zero attached hydrogens (tertiary/aromatic N) is 2. The Balaban J connectivity index is 1.60. The molecule has 0 fully saturated rings. The molecule has 0 aliphatic carbocycles. The van der Waals surface area contributed by atoms with Crippen LogP contribution in [0.15, 0.2) is 79.3 Å². The zero-order valence-electron chi connectivity index (χ0n) is 13.0. The van der Waals surface area contributed by atoms with E-state index in [9.17, 15) is 0 Å². The first-order chi connectivity index (χ1) is 11.8. The fourth-order valence-electron chi connectivity index (χ4n) is 2.84. The lowest BCUT2D eigenvalue weighted by Gasteiger charge is -2.10. The molecule has 1 N–H and O–H groups in total. The molecule has 0 spiro atoms. The summed E-state index contributed by atoms with van der Waals surface area (Å²) >= 11 is 6.14. The summed E-state index contributed by atoms with van der Waals surface area (Å²) in [6.45, 7) is 0.801. The van der Waals surface area contributed by atoms with Gasteiger partial charge >= 0.3 is 0 Å². The molecule has 0 atom stereocenters. The van der Waals surface area contributed by atoms with Crippen molar-refractivity contribution in [2.75, 3.05) is 5.32 Å². The van der Waals surface area contributed by atoms with E-state index in [2.05, 4.69) is 57.5 Å². The number of nitrogens with one attached hydrogen (secondary N) is 1. The van der Waals surface area contributed by atoms with Gasteiger partial charge in [-0.2, -0.15) is 0 Å². The summed E-state index contributed by atoms with van der Waals surface area (Å²) < 4.78 is 2.22. The summed E-state index contributed by atoms with van der Waals surface area (Å²) in [6.07, 6.45) is 5.66. The average Bonchev–Trinajstić information content (AvgIpc) is 2.98. The van der Waals surface area contributed by atoms with Gasteiger partial charge in [0.25, 0.3) is 0 Å². The Kier molecular flexibility index (Phi) is 3.93. The molecule has 0 saturated heterocycles. The molecule has 118 valence electrons. The summed E-state index contributed by atoms with van der Waals surface area (Å²) in [6, 6.07) is 20.4. The van der Waals surface area contributed by atoms with E-state index in [4.69, 9.17) is 11.6 Å². The molecule has 24 heavy (non-hydrogen) atoms. The standard InChI is InChI=1S/C20H16ClN3/c21-17-5-4-16-8-11-24(20(16)13-17)14-15-2-1-3-19(12-15)23-18-6-9-22-10-7-18/h1-13H,14H2,(H,22,23). The van der Waals surface area contributed by atoms with Crippen molar-refractivity contribution in [3.63, 3.8) is 0 Å². The Morgan fingerprint density at radius 3 is 2.67 bits per heavy atom. The van der Waals surface area contributed by atoms with Crippen LogP contribution in [-0.4, -0.2) is 9.55 Å². The average molecular weight is 334 g/mol. The number of hydrogen-bond donors (Lipinski definition) is 1. The molecule has 2 aromatic carbocycles. The van der Waals surface area contributed by atoms with Crippen LogP contribution in [0, 0.1) is 0 Å². The maximum absolute atomic E-state index is 6.14. The number of aromatic nitrogens is 2. The fourth-order valence-corrected chi connectivity index (χ4v) is 3.01. The first kappa shape index (κ1) is 14.8. The van der Waals surface area contributed by atoms with Crippen molar-refractivity contribution in [2.45, 2.75) is 6.54 Å². The number of hydrogen-bond acceptors (Lipinski definition) is 2. The molecular formula is C20H16ClN3. The molecule has 0 radical (unpaired) electrons. The zero-order chi connectivity index (χ0) is 16.4. The maximum Gasteiger partial charge on any atom is 0.0498 e. The number of pyridine rings is 1. The Morgan fingerprint density at radius 2 is 1.79 bits per heavy atom. The van der Waals surface area contributed by atoms with Crippen LogP contribution in [-0.2, 0) is 6.54 Å². The van der Waals surface area contributed by atoms with E-state index in [0.717, 1.165) is 28.5 Å². The van der Waals surface area contributed by atoms with Crippen molar-refractivity contribution < 1.29 is 0 Å². The summed E-state index contributed by atoms with van der Waals surface area (Å²) in [5.41, 5.74) is 4.47. The number of benzene rings is 2. The minimum absolute atomic E-state index is 0.760. The van der Waals surface area contributed by atoms with Crippen LogP contribution >= 0.6 is 11.6 Å². The topological polar surface area (TPSA) is 29.9 Å². The molecule has 4 rings (SSSR count). The molecule has 0 saturated carbocycles. The van der Waals surface area contributed by atoms with E-state index in [-0.39, 0.29) is 0 Å². The van der Waals surface area contributed by atoms with E-state index in [1.807, 2.05) is 24.3 Å². The van der Waals surface area contributed by atoms with Crippen LogP contribution in [0.2, 0.25) is 5.02 Å². The monoisotopic (exact) mass is 333 g/mol. The predicted molar refractivity (Wildman–Crippen MR) is 100 cm³/mol. The van der Waals surface area contributed by atoms with Gasteiger partial charge in [0.05, 0.1) is 0 Å². The second-order valence-electron chi connectivity index (χ2n) is 5.71. The molecular weight excluding hydrogens is 318 g/mol. The third-order valence-electron chi connectivity index (χ3n) is 3.98. The van der Waals surface area contributed by atoms with Crippen LogP contribution in [0.5, 0.6) is 0 Å². The lowest BCUT2D eigenvalue weighted by Crippen LogP contribution is -1.99. The van der Waals surface area contributed by atoms with Gasteiger partial charge in [-0.25, -0.2) is 0 Å². The lowest BCUT2D eigenvalue weighted by atomic mass is 10.2. The van der Waals surface area contributed by atoms with Crippen LogP contribution in [0.3, 0.4) is 0 Å². The second-order valence-corrected chi connectivity index (χ2v) is 6.14. The minimum Gasteiger partial charge on any atom is -0.355 e. The van der Waals surface area contributed by atoms with Crippen LogP contribution in [0.4, 0.5) is 11.4 Å². The van der Waals surface area contributed by atoms with Gasteiger partial charge in [0, 0.05) is 47.0 Å². The highest BCUT2D eigenvalue weighted by Gasteiger charge is 2.04. The van der Waals surface area contributed by atoms with E-state index in [1.54, 1.807) is 12.4 Å². The first-order valence-corrected chi connectivity index (χ1v) is 8.16. The van der Waals surface area contributed by atoms with E-state index < -0.39 is 0 Å². The number of rotatable bonds is 4. The molecule has 0 bridgehead atoms. The fraction of sp³-hybridized carbons (Fsp3) is 0.0500. The van der Waals surface area contributed by atoms with E-state index in [1.165, 1.54) is 10.9 Å². The number of anilines is 2. The summed E-state index contributed by atoms with van der Waals surface area (Å²) in [7, 11) is 0. The number of halogens is 1. The van der Waals surface area contributed by atoms with E-state index in [0.29, 0.717) is 0 Å². The van der Waals surface area contributed by atoms with Gasteiger partial charge in [0.2, 0.25) is 0 Å². The van der Waals surface area contributed by atoms with Gasteiger partial charge in [-0.05, 0) is 53.4 Å². The lowest BCUT2D eigenvalue weighted by molar-refractivity contribution is 0.837. The Labute approximate surface area is 145 Å². The third kappa shape index (κ3) is 3.12. The molecule has 4 heteroatoms. The van der Waals surface area contributed by atoms with Crippen molar-refractivity contribution in [1.29, 1.82) is 0 Å². The van der Waals surface area contributed by atoms with Crippen LogP contribution < -0.4 is 5.32 Å². The molecule has 4 aromatic rings. The predicted octanol–water partition coefficient (Wildman–Crippen LogP) is 5.48. The highest BCUT2D eigenvalue weighted by atomic mass is 35.5. The molecule has 3 nitrogen and oxygen atoms in total. The van der Waals surface area contributed by atoms with Crippen LogP contribution in [0.25, 0.3) is 10.9 Å². The van der Waals surface area contributed by atoms with Crippen molar-refractivity contribution in [3.8, 4) is 0 Å². The summed E-state index contributed by atoms with van der Waals surface area (Å²) in [4.78, 5) is 4.04. The smallest absolute Gasteiger partial charge is 0.0498 e. The summed E-state index contributed by atoms with van der Waals surface area (Å²) in [5.74, 6) is 0. The summed E-state index contributed by atoms with van der Waals surface area (Å²) in [5, 5.41) is 5.36. The molecule has 0 amide bonds. The van der Waals surface area contributed by atoms with Gasteiger partial charge in [-0.1, -0.05) is 29.8 Å². The Hall–Kier alpha value is -2.78. The normalized spacial score (nSPS) is 10.9. The highest BCUT2D eigenvalue weighted by molar-refractivity contribution is 6.31. The van der Waals surface area contributed by atoms with Gasteiger partial charge < -0.3 is 9.88 Å². The SMILES string of the molecule is Clc1ccc2ccn(Cc3cccc(Nc4ccncc4)c3)c2c1. The van der Waals surface area contributed by atoms with Crippen molar-refractivity contribution >= 4 is 33.9 Å². The van der Waals surface area contributed by atoms with Crippen molar-refractivity contribution in [3.05, 3.63) is 89.8 Å². The number of fused-ring (bicyclic) bond motifs is 1. The first-order valence-electron chi connectivity index (χ1n) is 7.78. The highest BCUT2D eigenvalue weighted by Crippen LogP contribution is 2.23. The van der Waals surface area contributed by atoms with E-state index >= 15 is 0 Å². The Bertz CT molecular complexity index is 977. The minimum atomic E-state index is 0.760. The molecule has 0 unspecified atom stereocenters. The molecule has 2 aromatic heterocycles. The largest absolute Gasteiger partial charge is 0.355 e. The molecule has 2 heterocycles. The maximum atomic E-state index is 6.14. The van der Waals surface area contributed by atoms with Gasteiger partial charge in [0.15, 0.2) is 0 Å². The van der Waals surface area contributed by atoms with Gasteiger partial charge in [-0.3, -0.25) is 4.98 Å². The van der Waals surface area contributed by atoms with Crippen molar-refractivity contribution in [1.82, 2.24) is 9.55 Å². The van der Waals surface area contributed by atoms with Gasteiger partial charge in [0.1, 0.15) is 0 Å². The van der Waals surface area contributed by atoms with Crippen molar-refractivity contribution in [2.24, 2.45) is 0 Å². The Morgan fingerprint density at radius 1 is 0.917 bits per heavy atom. The van der Waals surface area contributed by atoms with Crippen LogP contribution in [0.1, 0.15) is 5.56 Å². The quantitative estimate of drug-likeness (QED) is 0.535. The molecule has 0 aliphatic rings. The molecule has 0 aliphatic heterocycles. The second kappa shape index (κ2) is 6.38. The zero-order valence-corrected chi connectivity index (χ0v) is 13.7.